The fourth-order valence-electron chi connectivity index (χ4n) is 2.65. The molecule has 1 fully saturated rings. The third-order valence-corrected chi connectivity index (χ3v) is 4.65. The van der Waals surface area contributed by atoms with Crippen LogP contribution in [0.2, 0.25) is 0 Å². The Kier molecular flexibility index (Phi) is 3.88. The Morgan fingerprint density at radius 3 is 2.77 bits per heavy atom. The lowest BCUT2D eigenvalue weighted by molar-refractivity contribution is -0.385. The van der Waals surface area contributed by atoms with Gasteiger partial charge in [0.2, 0.25) is 10.8 Å². The largest absolute Gasteiger partial charge is 0.378 e. The Labute approximate surface area is 129 Å². The molecular formula is C13H15N5O3S. The molecule has 1 aliphatic carbocycles. The van der Waals surface area contributed by atoms with Crippen molar-refractivity contribution in [2.45, 2.75) is 32.1 Å². The number of rotatable bonds is 3. The second-order valence-electron chi connectivity index (χ2n) is 5.30. The molecule has 2 N–H and O–H groups in total. The van der Waals surface area contributed by atoms with Gasteiger partial charge in [-0.3, -0.25) is 14.9 Å². The van der Waals surface area contributed by atoms with E-state index in [1.165, 1.54) is 30.6 Å². The summed E-state index contributed by atoms with van der Waals surface area (Å²) in [7, 11) is 0. The van der Waals surface area contributed by atoms with Gasteiger partial charge in [0.25, 0.3) is 0 Å². The fraction of sp³-hybridized carbons (Fsp3) is 0.462. The molecule has 0 unspecified atom stereocenters. The highest BCUT2D eigenvalue weighted by Crippen LogP contribution is 2.26. The van der Waals surface area contributed by atoms with Gasteiger partial charge in [-0.2, -0.15) is 14.6 Å². The van der Waals surface area contributed by atoms with Gasteiger partial charge in [0.1, 0.15) is 5.01 Å². The van der Waals surface area contributed by atoms with E-state index in [0.29, 0.717) is 10.9 Å². The molecule has 3 rings (SSSR count). The van der Waals surface area contributed by atoms with Crippen LogP contribution in [-0.2, 0) is 0 Å². The minimum atomic E-state index is -0.846. The number of nitro groups is 1. The molecule has 0 amide bonds. The molecule has 2 aromatic heterocycles. The first-order valence-electron chi connectivity index (χ1n) is 7.08. The van der Waals surface area contributed by atoms with Gasteiger partial charge in [-0.25, -0.2) is 0 Å². The van der Waals surface area contributed by atoms with Gasteiger partial charge in [-0.15, -0.1) is 0 Å². The molecule has 9 heteroatoms. The highest BCUT2D eigenvalue weighted by molar-refractivity contribution is 7.17. The van der Waals surface area contributed by atoms with E-state index in [2.05, 4.69) is 16.2 Å². The van der Waals surface area contributed by atoms with Crippen LogP contribution in [0.3, 0.4) is 0 Å². The molecule has 0 aromatic carbocycles. The van der Waals surface area contributed by atoms with Crippen LogP contribution in [0.4, 0.5) is 11.5 Å². The smallest absolute Gasteiger partial charge is 0.377 e. The van der Waals surface area contributed by atoms with Gasteiger partial charge in [0, 0.05) is 0 Å². The molecule has 1 aliphatic rings. The number of anilines is 1. The molecule has 8 nitrogen and oxygen atoms in total. The average Bonchev–Trinajstić information content (AvgIpc) is 2.89. The molecule has 22 heavy (non-hydrogen) atoms. The summed E-state index contributed by atoms with van der Waals surface area (Å²) >= 11 is 1.19. The molecule has 0 saturated heterocycles. The molecule has 2 aromatic rings. The number of allylic oxidation sites excluding steroid dienone is 1. The van der Waals surface area contributed by atoms with Crippen molar-refractivity contribution in [2.75, 3.05) is 5.73 Å². The second kappa shape index (κ2) is 5.84. The summed E-state index contributed by atoms with van der Waals surface area (Å²) in [5, 5.41) is 15.5. The lowest BCUT2D eigenvalue weighted by Gasteiger charge is -2.17. The number of nitrogen functional groups attached to an aromatic ring is 1. The normalized spacial score (nSPS) is 16.5. The Balaban J connectivity index is 1.96. The van der Waals surface area contributed by atoms with E-state index in [-0.39, 0.29) is 10.8 Å². The molecule has 0 bridgehead atoms. The SMILES string of the molecule is Nc1nc2sc(/C=C/C3CCCCC3)nn2c(=O)c1[N+](=O)[O-]. The minimum absolute atomic E-state index is 0.261. The van der Waals surface area contributed by atoms with Crippen LogP contribution in [0.5, 0.6) is 0 Å². The summed E-state index contributed by atoms with van der Waals surface area (Å²) in [6, 6.07) is 0. The van der Waals surface area contributed by atoms with Gasteiger partial charge in [-0.1, -0.05) is 36.7 Å². The predicted molar refractivity (Wildman–Crippen MR) is 83.8 cm³/mol. The topological polar surface area (TPSA) is 116 Å². The molecule has 0 radical (unpaired) electrons. The molecular weight excluding hydrogens is 306 g/mol. The van der Waals surface area contributed by atoms with Crippen molar-refractivity contribution in [1.82, 2.24) is 14.6 Å². The number of nitrogens with zero attached hydrogens (tertiary/aromatic N) is 4. The monoisotopic (exact) mass is 321 g/mol. The zero-order valence-corrected chi connectivity index (χ0v) is 12.6. The maximum absolute atomic E-state index is 12.0. The van der Waals surface area contributed by atoms with Crippen LogP contribution >= 0.6 is 11.3 Å². The summed E-state index contributed by atoms with van der Waals surface area (Å²) in [5.41, 5.74) is 3.91. The third-order valence-electron chi connectivity index (χ3n) is 3.77. The quantitative estimate of drug-likeness (QED) is 0.684. The average molecular weight is 321 g/mol. The first-order valence-corrected chi connectivity index (χ1v) is 7.90. The Bertz CT molecular complexity index is 804. The van der Waals surface area contributed by atoms with Gasteiger partial charge in [-0.05, 0) is 24.8 Å². The zero-order chi connectivity index (χ0) is 15.7. The minimum Gasteiger partial charge on any atom is -0.378 e. The number of hydrogen-bond donors (Lipinski definition) is 1. The van der Waals surface area contributed by atoms with Gasteiger partial charge >= 0.3 is 11.2 Å². The summed E-state index contributed by atoms with van der Waals surface area (Å²) < 4.78 is 0.944. The summed E-state index contributed by atoms with van der Waals surface area (Å²) in [5.74, 6) is 0.159. The van der Waals surface area contributed by atoms with E-state index in [1.807, 2.05) is 6.08 Å². The zero-order valence-electron chi connectivity index (χ0n) is 11.8. The van der Waals surface area contributed by atoms with Gasteiger partial charge < -0.3 is 5.73 Å². The summed E-state index contributed by atoms with van der Waals surface area (Å²) in [4.78, 5) is 26.2. The summed E-state index contributed by atoms with van der Waals surface area (Å²) in [6.45, 7) is 0. The highest BCUT2D eigenvalue weighted by Gasteiger charge is 2.23. The number of hydrogen-bond acceptors (Lipinski definition) is 7. The summed E-state index contributed by atoms with van der Waals surface area (Å²) in [6.07, 6.45) is 10.0. The van der Waals surface area contributed by atoms with Gasteiger partial charge in [0.15, 0.2) is 0 Å². The van der Waals surface area contributed by atoms with E-state index in [1.54, 1.807) is 0 Å². The lowest BCUT2D eigenvalue weighted by Crippen LogP contribution is -2.20. The van der Waals surface area contributed by atoms with Crippen LogP contribution in [0.25, 0.3) is 11.0 Å². The first kappa shape index (κ1) is 14.6. The maximum Gasteiger partial charge on any atom is 0.377 e. The lowest BCUT2D eigenvalue weighted by atomic mass is 9.89. The van der Waals surface area contributed by atoms with Gasteiger partial charge in [0.05, 0.1) is 4.92 Å². The van der Waals surface area contributed by atoms with Crippen LogP contribution in [0, 0.1) is 16.0 Å². The van der Waals surface area contributed by atoms with Crippen molar-refractivity contribution in [3.05, 3.63) is 31.6 Å². The number of aromatic nitrogens is 3. The van der Waals surface area contributed by atoms with E-state index < -0.39 is 16.2 Å². The third kappa shape index (κ3) is 2.71. The predicted octanol–water partition coefficient (Wildman–Crippen LogP) is 2.23. The Morgan fingerprint density at radius 2 is 2.09 bits per heavy atom. The van der Waals surface area contributed by atoms with E-state index >= 15 is 0 Å². The van der Waals surface area contributed by atoms with Crippen molar-refractivity contribution in [3.8, 4) is 0 Å². The number of nitrogens with two attached hydrogens (primary N) is 1. The second-order valence-corrected chi connectivity index (χ2v) is 6.29. The van der Waals surface area contributed by atoms with Crippen molar-refractivity contribution in [1.29, 1.82) is 0 Å². The van der Waals surface area contributed by atoms with Crippen LogP contribution in [0.15, 0.2) is 10.9 Å². The van der Waals surface area contributed by atoms with Crippen LogP contribution in [0.1, 0.15) is 37.1 Å². The molecule has 2 heterocycles. The number of fused-ring (bicyclic) bond motifs is 1. The van der Waals surface area contributed by atoms with Crippen LogP contribution in [-0.4, -0.2) is 19.5 Å². The van der Waals surface area contributed by atoms with E-state index in [4.69, 9.17) is 5.73 Å². The maximum atomic E-state index is 12.0. The Hall–Kier alpha value is -2.29. The molecule has 0 spiro atoms. The van der Waals surface area contributed by atoms with E-state index in [9.17, 15) is 14.9 Å². The van der Waals surface area contributed by atoms with Crippen molar-refractivity contribution in [3.63, 3.8) is 0 Å². The standard InChI is InChI=1S/C13H15N5O3S/c14-11-10(18(20)21)12(19)17-13(15-11)22-9(16-17)7-6-8-4-2-1-3-5-8/h6-8H,1-5,14H2/b7-6+. The Morgan fingerprint density at radius 1 is 1.36 bits per heavy atom. The van der Waals surface area contributed by atoms with Crippen LogP contribution < -0.4 is 11.3 Å². The first-order chi connectivity index (χ1) is 10.6. The van der Waals surface area contributed by atoms with E-state index in [0.717, 1.165) is 17.4 Å². The molecule has 116 valence electrons. The van der Waals surface area contributed by atoms with Crippen molar-refractivity contribution < 1.29 is 4.92 Å². The molecule has 0 atom stereocenters. The molecule has 0 aliphatic heterocycles. The van der Waals surface area contributed by atoms with Crippen molar-refractivity contribution >= 4 is 33.9 Å². The highest BCUT2D eigenvalue weighted by atomic mass is 32.1. The molecule has 1 saturated carbocycles. The van der Waals surface area contributed by atoms with Crippen molar-refractivity contribution in [2.24, 2.45) is 5.92 Å². The fourth-order valence-corrected chi connectivity index (χ4v) is 3.46.